The molecule has 1 heterocycles. The zero-order chi connectivity index (χ0) is 30.4. The molecule has 1 saturated heterocycles. The smallest absolute Gasteiger partial charge is 0.251 e. The van der Waals surface area contributed by atoms with Crippen molar-refractivity contribution in [2.24, 2.45) is 0 Å². The van der Waals surface area contributed by atoms with E-state index in [1.165, 1.54) is 0 Å². The molecular formula is C33H41Cl2N3O4S. The first kappa shape index (κ1) is 32.1. The summed E-state index contributed by atoms with van der Waals surface area (Å²) in [5.41, 5.74) is 4.09. The van der Waals surface area contributed by atoms with Gasteiger partial charge in [-0.05, 0) is 91.1 Å². The second-order valence-electron chi connectivity index (χ2n) is 11.7. The SMILES string of the molecule is O=C(N[C@@H](Cc1ccccc1)[C@@H](O)CNCc1cc(Cl)cc(Cl)c1)c1cc(C2CCCC2)cc(N2CCCCS2(O)O)c1. The summed E-state index contributed by atoms with van der Waals surface area (Å²) in [6.45, 7) is 1.23. The van der Waals surface area contributed by atoms with Gasteiger partial charge in [0.25, 0.3) is 5.91 Å². The number of nitrogens with zero attached hydrogens (tertiary/aromatic N) is 1. The lowest BCUT2D eigenvalue weighted by molar-refractivity contribution is 0.0830. The Hall–Kier alpha value is -2.30. The minimum Gasteiger partial charge on any atom is -0.390 e. The van der Waals surface area contributed by atoms with E-state index in [-0.39, 0.29) is 12.5 Å². The van der Waals surface area contributed by atoms with Crippen LogP contribution < -0.4 is 14.9 Å². The third-order valence-corrected chi connectivity index (χ3v) is 10.8. The molecule has 10 heteroatoms. The molecule has 1 amide bonds. The molecule has 5 N–H and O–H groups in total. The van der Waals surface area contributed by atoms with Crippen molar-refractivity contribution < 1.29 is 19.0 Å². The van der Waals surface area contributed by atoms with Crippen molar-refractivity contribution in [3.8, 4) is 0 Å². The van der Waals surface area contributed by atoms with E-state index in [2.05, 4.69) is 10.6 Å². The van der Waals surface area contributed by atoms with Gasteiger partial charge in [0.1, 0.15) is 0 Å². The quantitative estimate of drug-likeness (QED) is 0.149. The second-order valence-corrected chi connectivity index (χ2v) is 14.7. The molecule has 1 saturated carbocycles. The van der Waals surface area contributed by atoms with Crippen molar-refractivity contribution >= 4 is 45.6 Å². The van der Waals surface area contributed by atoms with Crippen LogP contribution in [0, 0.1) is 0 Å². The molecule has 2 aliphatic rings. The molecule has 2 fully saturated rings. The number of aliphatic hydroxyl groups excluding tert-OH is 1. The van der Waals surface area contributed by atoms with Crippen LogP contribution in [0.5, 0.6) is 0 Å². The van der Waals surface area contributed by atoms with Gasteiger partial charge in [0.15, 0.2) is 0 Å². The Kier molecular flexibility index (Phi) is 10.9. The number of benzene rings is 3. The van der Waals surface area contributed by atoms with Gasteiger partial charge in [-0.1, -0.05) is 66.4 Å². The van der Waals surface area contributed by atoms with Gasteiger partial charge in [0, 0.05) is 35.2 Å². The summed E-state index contributed by atoms with van der Waals surface area (Å²) in [7, 11) is -2.94. The fourth-order valence-corrected chi connectivity index (χ4v) is 8.38. The van der Waals surface area contributed by atoms with Crippen LogP contribution in [0.15, 0.2) is 66.7 Å². The van der Waals surface area contributed by atoms with Crippen LogP contribution in [0.1, 0.15) is 71.5 Å². The minimum atomic E-state index is -2.94. The summed E-state index contributed by atoms with van der Waals surface area (Å²) in [5.74, 6) is 0.381. The topological polar surface area (TPSA) is 105 Å². The molecule has 0 unspecified atom stereocenters. The molecule has 0 bridgehead atoms. The Labute approximate surface area is 266 Å². The fraction of sp³-hybridized carbons (Fsp3) is 0.424. The summed E-state index contributed by atoms with van der Waals surface area (Å²) < 4.78 is 23.4. The molecule has 1 aliphatic carbocycles. The molecule has 0 radical (unpaired) electrons. The molecule has 43 heavy (non-hydrogen) atoms. The number of rotatable bonds is 11. The number of amides is 1. The van der Waals surface area contributed by atoms with Crippen molar-refractivity contribution in [1.82, 2.24) is 10.6 Å². The maximum atomic E-state index is 13.9. The van der Waals surface area contributed by atoms with E-state index in [0.29, 0.717) is 52.5 Å². The van der Waals surface area contributed by atoms with Crippen molar-refractivity contribution in [1.29, 1.82) is 0 Å². The highest BCUT2D eigenvalue weighted by Crippen LogP contribution is 2.50. The highest BCUT2D eigenvalue weighted by atomic mass is 35.5. The van der Waals surface area contributed by atoms with E-state index < -0.39 is 22.9 Å². The number of carbonyl (C=O) groups is 1. The first-order valence-corrected chi connectivity index (χ1v) is 17.5. The monoisotopic (exact) mass is 645 g/mol. The summed E-state index contributed by atoms with van der Waals surface area (Å²) in [6.07, 6.45) is 5.60. The van der Waals surface area contributed by atoms with E-state index in [1.54, 1.807) is 16.4 Å². The lowest BCUT2D eigenvalue weighted by atomic mass is 9.94. The van der Waals surface area contributed by atoms with Crippen LogP contribution in [0.3, 0.4) is 0 Å². The Morgan fingerprint density at radius 3 is 2.35 bits per heavy atom. The van der Waals surface area contributed by atoms with Gasteiger partial charge in [0.2, 0.25) is 0 Å². The molecule has 2 atom stereocenters. The number of carbonyl (C=O) groups excluding carboxylic acids is 1. The van der Waals surface area contributed by atoms with E-state index in [0.717, 1.165) is 55.2 Å². The van der Waals surface area contributed by atoms with Crippen molar-refractivity contribution in [2.45, 2.75) is 69.6 Å². The number of anilines is 1. The van der Waals surface area contributed by atoms with Crippen molar-refractivity contribution in [3.63, 3.8) is 0 Å². The highest BCUT2D eigenvalue weighted by Gasteiger charge is 2.30. The van der Waals surface area contributed by atoms with Crippen LogP contribution in [-0.4, -0.2) is 51.1 Å². The van der Waals surface area contributed by atoms with Crippen molar-refractivity contribution in [2.75, 3.05) is 23.1 Å². The zero-order valence-corrected chi connectivity index (χ0v) is 26.6. The largest absolute Gasteiger partial charge is 0.390 e. The lowest BCUT2D eigenvalue weighted by Gasteiger charge is -2.47. The zero-order valence-electron chi connectivity index (χ0n) is 24.2. The summed E-state index contributed by atoms with van der Waals surface area (Å²) >= 11 is 12.3. The first-order chi connectivity index (χ1) is 20.7. The second kappa shape index (κ2) is 14.7. The predicted octanol–water partition coefficient (Wildman–Crippen LogP) is 7.41. The van der Waals surface area contributed by atoms with E-state index >= 15 is 0 Å². The molecule has 7 nitrogen and oxygen atoms in total. The average molecular weight is 647 g/mol. The highest BCUT2D eigenvalue weighted by molar-refractivity contribution is 8.25. The molecule has 3 aromatic carbocycles. The number of hydrogen-bond donors (Lipinski definition) is 5. The van der Waals surface area contributed by atoms with Gasteiger partial charge in [-0.3, -0.25) is 18.2 Å². The van der Waals surface area contributed by atoms with E-state index in [1.807, 2.05) is 54.6 Å². The Balaban J connectivity index is 1.36. The Bertz CT molecular complexity index is 1370. The standard InChI is InChI=1S/C33H41Cl2N3O4S/c34-28-14-24(15-29(35)20-28)21-36-22-32(39)31(16-23-8-2-1-3-9-23)37-33(40)27-17-26(25-10-4-5-11-25)18-30(19-27)38-12-6-7-13-43(38,41)42/h1-3,8-9,14-15,17-20,25,31-32,36,39,41-42H,4-7,10-13,16,21-22H2,(H,37,40)/t31-,32-/m0/s1. The normalized spacial score (nSPS) is 19.1. The third kappa shape index (κ3) is 8.66. The molecule has 3 aromatic rings. The molecule has 232 valence electrons. The number of hydrogen-bond acceptors (Lipinski definition) is 6. The van der Waals surface area contributed by atoms with Crippen LogP contribution in [-0.2, 0) is 13.0 Å². The number of halogens is 2. The third-order valence-electron chi connectivity index (χ3n) is 8.38. The van der Waals surface area contributed by atoms with Crippen LogP contribution >= 0.6 is 34.0 Å². The molecule has 0 spiro atoms. The van der Waals surface area contributed by atoms with Gasteiger partial charge < -0.3 is 15.7 Å². The van der Waals surface area contributed by atoms with E-state index in [4.69, 9.17) is 23.2 Å². The molecule has 5 rings (SSSR count). The maximum absolute atomic E-state index is 13.9. The number of nitrogens with one attached hydrogen (secondary N) is 2. The molecule has 0 aromatic heterocycles. The Morgan fingerprint density at radius 1 is 0.930 bits per heavy atom. The first-order valence-electron chi connectivity index (χ1n) is 15.0. The van der Waals surface area contributed by atoms with Gasteiger partial charge in [-0.15, -0.1) is 10.8 Å². The predicted molar refractivity (Wildman–Crippen MR) is 178 cm³/mol. The molecule has 1 aliphatic heterocycles. The van der Waals surface area contributed by atoms with Crippen LogP contribution in [0.4, 0.5) is 5.69 Å². The average Bonchev–Trinajstić information content (AvgIpc) is 3.52. The van der Waals surface area contributed by atoms with Gasteiger partial charge in [-0.2, -0.15) is 0 Å². The minimum absolute atomic E-state index is 0.240. The number of aliphatic hydroxyl groups is 1. The summed E-state index contributed by atoms with van der Waals surface area (Å²) in [5, 5.41) is 18.8. The van der Waals surface area contributed by atoms with Gasteiger partial charge in [-0.25, -0.2) is 0 Å². The maximum Gasteiger partial charge on any atom is 0.251 e. The molecular weight excluding hydrogens is 605 g/mol. The summed E-state index contributed by atoms with van der Waals surface area (Å²) in [6, 6.07) is 20.3. The summed E-state index contributed by atoms with van der Waals surface area (Å²) in [4.78, 5) is 13.9. The van der Waals surface area contributed by atoms with E-state index in [9.17, 15) is 19.0 Å². The van der Waals surface area contributed by atoms with Gasteiger partial charge in [0.05, 0.1) is 23.6 Å². The Morgan fingerprint density at radius 2 is 1.65 bits per heavy atom. The van der Waals surface area contributed by atoms with Crippen LogP contribution in [0.25, 0.3) is 0 Å². The lowest BCUT2D eigenvalue weighted by Crippen LogP contribution is -2.48. The van der Waals surface area contributed by atoms with Crippen LogP contribution in [0.2, 0.25) is 10.0 Å². The van der Waals surface area contributed by atoms with Gasteiger partial charge >= 0.3 is 0 Å². The van der Waals surface area contributed by atoms with Crippen molar-refractivity contribution in [3.05, 3.63) is 99.0 Å². The fourth-order valence-electron chi connectivity index (χ4n) is 6.13.